The van der Waals surface area contributed by atoms with Crippen LogP contribution in [0.2, 0.25) is 0 Å². The van der Waals surface area contributed by atoms with E-state index in [0.29, 0.717) is 18.8 Å². The zero-order valence-corrected chi connectivity index (χ0v) is 17.1. The zero-order chi connectivity index (χ0) is 22.3. The molecule has 0 atom stereocenters. The van der Waals surface area contributed by atoms with Gasteiger partial charge in [-0.05, 0) is 46.2 Å². The van der Waals surface area contributed by atoms with Gasteiger partial charge in [0, 0.05) is 17.5 Å². The number of halogens is 1. The maximum Gasteiger partial charge on any atom is 0.307 e. The number of carboxylic acids is 1. The summed E-state index contributed by atoms with van der Waals surface area (Å²) in [4.78, 5) is 12.3. The molecule has 32 heavy (non-hydrogen) atoms. The molecule has 0 radical (unpaired) electrons. The number of benzene rings is 3. The average molecular weight is 426 g/mol. The molecule has 0 aliphatic heterocycles. The van der Waals surface area contributed by atoms with Crippen molar-refractivity contribution in [1.82, 2.24) is 20.2 Å². The predicted octanol–water partition coefficient (Wildman–Crippen LogP) is 3.75. The van der Waals surface area contributed by atoms with E-state index in [2.05, 4.69) is 27.3 Å². The second-order valence-corrected chi connectivity index (χ2v) is 7.22. The van der Waals surface area contributed by atoms with Crippen molar-refractivity contribution in [2.45, 2.75) is 19.4 Å². The lowest BCUT2D eigenvalue weighted by atomic mass is 10.1. The van der Waals surface area contributed by atoms with E-state index in [1.807, 2.05) is 36.4 Å². The van der Waals surface area contributed by atoms with Crippen LogP contribution in [0.1, 0.15) is 22.3 Å². The minimum Gasteiger partial charge on any atom is -0.481 e. The molecule has 0 saturated heterocycles. The van der Waals surface area contributed by atoms with Gasteiger partial charge in [-0.1, -0.05) is 60.4 Å². The van der Waals surface area contributed by atoms with Crippen LogP contribution in [0, 0.1) is 17.7 Å². The average Bonchev–Trinajstić information content (AvgIpc) is 3.25. The number of hydrogen-bond donors (Lipinski definition) is 1. The van der Waals surface area contributed by atoms with Crippen molar-refractivity contribution in [2.75, 3.05) is 0 Å². The largest absolute Gasteiger partial charge is 0.481 e. The van der Waals surface area contributed by atoms with Gasteiger partial charge in [0.15, 0.2) is 0 Å². The van der Waals surface area contributed by atoms with Gasteiger partial charge in [-0.15, -0.1) is 10.2 Å². The van der Waals surface area contributed by atoms with Crippen molar-refractivity contribution in [3.8, 4) is 23.2 Å². The topological polar surface area (TPSA) is 80.9 Å². The van der Waals surface area contributed by atoms with E-state index < -0.39 is 5.97 Å². The molecule has 3 aromatic carbocycles. The Labute approximate surface area is 184 Å². The maximum absolute atomic E-state index is 13.0. The van der Waals surface area contributed by atoms with Crippen molar-refractivity contribution in [3.63, 3.8) is 0 Å². The smallest absolute Gasteiger partial charge is 0.307 e. The Morgan fingerprint density at radius 3 is 2.44 bits per heavy atom. The molecular formula is C25H19FN4O2. The van der Waals surface area contributed by atoms with Gasteiger partial charge < -0.3 is 5.11 Å². The molecule has 0 aliphatic rings. The Morgan fingerprint density at radius 1 is 0.969 bits per heavy atom. The van der Waals surface area contributed by atoms with Gasteiger partial charge in [-0.2, -0.15) is 4.80 Å². The summed E-state index contributed by atoms with van der Waals surface area (Å²) >= 11 is 0. The Balaban J connectivity index is 1.42. The van der Waals surface area contributed by atoms with Crippen LogP contribution in [-0.2, 0) is 24.2 Å². The van der Waals surface area contributed by atoms with Crippen LogP contribution in [0.15, 0.2) is 72.8 Å². The molecule has 4 rings (SSSR count). The van der Waals surface area contributed by atoms with Crippen LogP contribution in [0.25, 0.3) is 11.4 Å². The van der Waals surface area contributed by atoms with Gasteiger partial charge in [-0.3, -0.25) is 4.79 Å². The van der Waals surface area contributed by atoms with Gasteiger partial charge >= 0.3 is 5.97 Å². The van der Waals surface area contributed by atoms with Gasteiger partial charge in [0.2, 0.25) is 5.82 Å². The van der Waals surface area contributed by atoms with E-state index >= 15 is 0 Å². The summed E-state index contributed by atoms with van der Waals surface area (Å²) in [6, 6.07) is 21.2. The van der Waals surface area contributed by atoms with Crippen molar-refractivity contribution in [2.24, 2.45) is 0 Å². The molecular weight excluding hydrogens is 407 g/mol. The first-order valence-corrected chi connectivity index (χ1v) is 9.96. The first-order chi connectivity index (χ1) is 15.5. The predicted molar refractivity (Wildman–Crippen MR) is 117 cm³/mol. The minimum atomic E-state index is -0.859. The lowest BCUT2D eigenvalue weighted by molar-refractivity contribution is -0.136. The lowest BCUT2D eigenvalue weighted by Crippen LogP contribution is -2.05. The fraction of sp³-hybridized carbons (Fsp3) is 0.120. The van der Waals surface area contributed by atoms with Crippen LogP contribution in [0.5, 0.6) is 0 Å². The van der Waals surface area contributed by atoms with E-state index in [4.69, 9.17) is 5.11 Å². The number of tetrazole rings is 1. The molecule has 1 heterocycles. The SMILES string of the molecule is O=C(O)Cc1ccc(Cn2nnc(-c3cccc(C#CCc4ccc(F)cc4)c3)n2)cc1. The van der Waals surface area contributed by atoms with Crippen molar-refractivity contribution in [3.05, 3.63) is 101 Å². The Hall–Kier alpha value is -4.31. The highest BCUT2D eigenvalue weighted by atomic mass is 19.1. The van der Waals surface area contributed by atoms with E-state index in [0.717, 1.165) is 27.8 Å². The summed E-state index contributed by atoms with van der Waals surface area (Å²) in [5, 5.41) is 21.5. The third-order valence-corrected chi connectivity index (χ3v) is 4.71. The van der Waals surface area contributed by atoms with Crippen LogP contribution >= 0.6 is 0 Å². The molecule has 4 aromatic rings. The molecule has 0 aliphatic carbocycles. The normalized spacial score (nSPS) is 10.4. The lowest BCUT2D eigenvalue weighted by Gasteiger charge is -2.02. The monoisotopic (exact) mass is 426 g/mol. The number of hydrogen-bond acceptors (Lipinski definition) is 4. The van der Waals surface area contributed by atoms with E-state index in [1.54, 1.807) is 24.3 Å². The summed E-state index contributed by atoms with van der Waals surface area (Å²) in [5.41, 5.74) is 4.28. The second-order valence-electron chi connectivity index (χ2n) is 7.22. The third kappa shape index (κ3) is 5.64. The Bertz CT molecular complexity index is 1290. The number of nitrogens with zero attached hydrogens (tertiary/aromatic N) is 4. The Kier molecular flexibility index (Phi) is 6.33. The number of aliphatic carboxylic acids is 1. The molecule has 0 saturated carbocycles. The first kappa shape index (κ1) is 20.9. The van der Waals surface area contributed by atoms with Crippen LogP contribution < -0.4 is 0 Å². The molecule has 0 fully saturated rings. The quantitative estimate of drug-likeness (QED) is 0.475. The molecule has 0 amide bonds. The summed E-state index contributed by atoms with van der Waals surface area (Å²) in [6.07, 6.45) is 0.527. The summed E-state index contributed by atoms with van der Waals surface area (Å²) < 4.78 is 13.0. The highest BCUT2D eigenvalue weighted by molar-refractivity contribution is 5.70. The molecule has 158 valence electrons. The number of rotatable bonds is 6. The van der Waals surface area contributed by atoms with Crippen LogP contribution in [0.3, 0.4) is 0 Å². The number of aromatic nitrogens is 4. The highest BCUT2D eigenvalue weighted by Gasteiger charge is 2.07. The van der Waals surface area contributed by atoms with Gasteiger partial charge in [0.05, 0.1) is 13.0 Å². The zero-order valence-electron chi connectivity index (χ0n) is 17.1. The number of carboxylic acid groups (broad SMARTS) is 1. The van der Waals surface area contributed by atoms with Gasteiger partial charge in [0.25, 0.3) is 0 Å². The standard InChI is InChI=1S/C25H19FN4O2/c26-23-13-11-18(12-14-23)3-1-4-19-5-2-6-22(15-19)25-27-29-30(28-25)17-21-9-7-20(8-10-21)16-24(31)32/h2,5-15H,3,16-17H2,(H,31,32). The summed E-state index contributed by atoms with van der Waals surface area (Å²) in [5.74, 6) is 5.59. The third-order valence-electron chi connectivity index (χ3n) is 4.71. The molecule has 6 nitrogen and oxygen atoms in total. The van der Waals surface area contributed by atoms with E-state index in [9.17, 15) is 9.18 Å². The van der Waals surface area contributed by atoms with E-state index in [1.165, 1.54) is 16.9 Å². The molecule has 1 aromatic heterocycles. The molecule has 0 unspecified atom stereocenters. The molecule has 0 spiro atoms. The van der Waals surface area contributed by atoms with Crippen molar-refractivity contribution in [1.29, 1.82) is 0 Å². The molecule has 1 N–H and O–H groups in total. The number of carbonyl (C=O) groups is 1. The fourth-order valence-electron chi connectivity index (χ4n) is 3.11. The van der Waals surface area contributed by atoms with Crippen LogP contribution in [0.4, 0.5) is 4.39 Å². The van der Waals surface area contributed by atoms with Crippen molar-refractivity contribution >= 4 is 5.97 Å². The molecule has 0 bridgehead atoms. The highest BCUT2D eigenvalue weighted by Crippen LogP contribution is 2.15. The second kappa shape index (κ2) is 9.67. The summed E-state index contributed by atoms with van der Waals surface area (Å²) in [6.45, 7) is 0.428. The summed E-state index contributed by atoms with van der Waals surface area (Å²) in [7, 11) is 0. The minimum absolute atomic E-state index is 0.00483. The Morgan fingerprint density at radius 2 is 1.69 bits per heavy atom. The fourth-order valence-corrected chi connectivity index (χ4v) is 3.11. The van der Waals surface area contributed by atoms with E-state index in [-0.39, 0.29) is 12.2 Å². The van der Waals surface area contributed by atoms with Gasteiger partial charge in [-0.25, -0.2) is 4.39 Å². The first-order valence-electron chi connectivity index (χ1n) is 9.96. The van der Waals surface area contributed by atoms with Gasteiger partial charge in [0.1, 0.15) is 5.82 Å². The molecule has 7 heteroatoms. The van der Waals surface area contributed by atoms with Crippen molar-refractivity contribution < 1.29 is 14.3 Å². The maximum atomic E-state index is 13.0. The van der Waals surface area contributed by atoms with Crippen LogP contribution in [-0.4, -0.2) is 31.3 Å².